The van der Waals surface area contributed by atoms with Gasteiger partial charge in [-0.3, -0.25) is 4.57 Å². The van der Waals surface area contributed by atoms with Crippen LogP contribution in [0.15, 0.2) is 6.20 Å². The van der Waals surface area contributed by atoms with Gasteiger partial charge >= 0.3 is 7.60 Å². The number of hydrogen-bond acceptors (Lipinski definition) is 10. The van der Waals surface area contributed by atoms with Gasteiger partial charge in [0, 0.05) is 11.5 Å². The second-order valence-corrected chi connectivity index (χ2v) is 12.9. The molecule has 2 aromatic rings. The fourth-order valence-electron chi connectivity index (χ4n) is 4.61. The monoisotopic (exact) mass is 551 g/mol. The van der Waals surface area contributed by atoms with Gasteiger partial charge in [-0.2, -0.15) is 5.10 Å². The van der Waals surface area contributed by atoms with Crippen LogP contribution in [0.4, 0.5) is 5.82 Å². The SMILES string of the molecule is CC1(C#Cc2nc(NC3CCCC3)c3cnn([C@@H]4O[C@H](COC(C)(CO)P(=O)(O)O)[C@@H](O)[C@H]4O)c3n2)CC1. The molecular weight excluding hydrogens is 517 g/mol. The summed E-state index contributed by atoms with van der Waals surface area (Å²) in [4.78, 5) is 28.3. The Bertz CT molecular complexity index is 1290. The van der Waals surface area contributed by atoms with Crippen molar-refractivity contribution in [2.75, 3.05) is 18.5 Å². The van der Waals surface area contributed by atoms with Crippen molar-refractivity contribution < 1.29 is 39.1 Å². The van der Waals surface area contributed by atoms with Crippen LogP contribution in [0.1, 0.15) is 64.4 Å². The maximum absolute atomic E-state index is 11.8. The second kappa shape index (κ2) is 10.1. The zero-order valence-corrected chi connectivity index (χ0v) is 22.2. The summed E-state index contributed by atoms with van der Waals surface area (Å²) in [6.07, 6.45) is 2.72. The molecule has 3 aliphatic rings. The molecule has 1 unspecified atom stereocenters. The molecule has 3 heterocycles. The first-order chi connectivity index (χ1) is 17.9. The molecule has 2 aliphatic carbocycles. The van der Waals surface area contributed by atoms with Crippen molar-refractivity contribution in [3.63, 3.8) is 0 Å². The fourth-order valence-corrected chi connectivity index (χ4v) is 5.04. The minimum atomic E-state index is -4.84. The maximum atomic E-state index is 11.8. The predicted molar refractivity (Wildman–Crippen MR) is 135 cm³/mol. The molecule has 1 aliphatic heterocycles. The molecule has 2 saturated carbocycles. The van der Waals surface area contributed by atoms with Crippen LogP contribution in [0.5, 0.6) is 0 Å². The van der Waals surface area contributed by atoms with Crippen molar-refractivity contribution >= 4 is 24.4 Å². The van der Waals surface area contributed by atoms with Gasteiger partial charge in [0.05, 0.1) is 24.8 Å². The summed E-state index contributed by atoms with van der Waals surface area (Å²) in [5.41, 5.74) is 0.328. The third kappa shape index (κ3) is 5.33. The van der Waals surface area contributed by atoms with Crippen LogP contribution in [0.3, 0.4) is 0 Å². The molecule has 0 spiro atoms. The van der Waals surface area contributed by atoms with Crippen molar-refractivity contribution in [3.8, 4) is 11.8 Å². The van der Waals surface area contributed by atoms with Crippen LogP contribution in [0, 0.1) is 17.3 Å². The predicted octanol–water partition coefficient (Wildman–Crippen LogP) is 0.854. The maximum Gasteiger partial charge on any atom is 0.359 e. The number of aromatic nitrogens is 4. The molecule has 13 nitrogen and oxygen atoms in total. The normalized spacial score (nSPS) is 28.7. The zero-order valence-electron chi connectivity index (χ0n) is 21.3. The highest BCUT2D eigenvalue weighted by atomic mass is 31.2. The zero-order chi connectivity index (χ0) is 27.3. The third-order valence-corrected chi connectivity index (χ3v) is 9.18. The number of nitrogens with one attached hydrogen (secondary N) is 1. The highest BCUT2D eigenvalue weighted by molar-refractivity contribution is 7.53. The Morgan fingerprint density at radius 3 is 2.61 bits per heavy atom. The van der Waals surface area contributed by atoms with Gasteiger partial charge in [-0.1, -0.05) is 18.8 Å². The number of ether oxygens (including phenoxy) is 2. The smallest absolute Gasteiger partial charge is 0.359 e. The second-order valence-electron chi connectivity index (χ2n) is 10.9. The number of anilines is 1. The molecule has 3 fully saturated rings. The van der Waals surface area contributed by atoms with Crippen LogP contribution < -0.4 is 5.32 Å². The number of aliphatic hydroxyl groups excluding tert-OH is 3. The van der Waals surface area contributed by atoms with E-state index in [0.29, 0.717) is 22.7 Å². The quantitative estimate of drug-likeness (QED) is 0.201. The molecule has 0 bridgehead atoms. The van der Waals surface area contributed by atoms with E-state index >= 15 is 0 Å². The van der Waals surface area contributed by atoms with E-state index in [1.807, 2.05) is 0 Å². The molecule has 14 heteroatoms. The van der Waals surface area contributed by atoms with Crippen molar-refractivity contribution in [2.24, 2.45) is 5.41 Å². The van der Waals surface area contributed by atoms with Gasteiger partial charge in [-0.05, 0) is 45.5 Å². The van der Waals surface area contributed by atoms with E-state index in [4.69, 9.17) is 9.47 Å². The summed E-state index contributed by atoms with van der Waals surface area (Å²) >= 11 is 0. The van der Waals surface area contributed by atoms with E-state index in [0.717, 1.165) is 45.4 Å². The summed E-state index contributed by atoms with van der Waals surface area (Å²) in [7, 11) is -4.84. The minimum Gasteiger partial charge on any atom is -0.393 e. The molecule has 2 aromatic heterocycles. The molecule has 1 saturated heterocycles. The van der Waals surface area contributed by atoms with E-state index in [-0.39, 0.29) is 11.5 Å². The van der Waals surface area contributed by atoms with Gasteiger partial charge < -0.3 is 39.9 Å². The summed E-state index contributed by atoms with van der Waals surface area (Å²) < 4.78 is 24.2. The number of aliphatic hydroxyl groups is 3. The topological polar surface area (TPSA) is 192 Å². The largest absolute Gasteiger partial charge is 0.393 e. The van der Waals surface area contributed by atoms with Gasteiger partial charge in [0.2, 0.25) is 5.82 Å². The lowest BCUT2D eigenvalue weighted by molar-refractivity contribution is -0.104. The first-order valence-electron chi connectivity index (χ1n) is 12.8. The minimum absolute atomic E-state index is 0.0319. The Balaban J connectivity index is 1.44. The third-order valence-electron chi connectivity index (χ3n) is 7.67. The Labute approximate surface area is 219 Å². The summed E-state index contributed by atoms with van der Waals surface area (Å²) in [5, 5.41) is 37.2. The number of rotatable bonds is 8. The summed E-state index contributed by atoms with van der Waals surface area (Å²) in [6.45, 7) is 1.70. The van der Waals surface area contributed by atoms with Crippen LogP contribution in [0.2, 0.25) is 0 Å². The van der Waals surface area contributed by atoms with Gasteiger partial charge in [0.1, 0.15) is 24.1 Å². The van der Waals surface area contributed by atoms with Crippen molar-refractivity contribution in [1.29, 1.82) is 0 Å². The molecule has 208 valence electrons. The molecule has 5 rings (SSSR count). The molecule has 38 heavy (non-hydrogen) atoms. The van der Waals surface area contributed by atoms with Crippen LogP contribution in [-0.4, -0.2) is 87.8 Å². The van der Waals surface area contributed by atoms with E-state index in [9.17, 15) is 29.7 Å². The van der Waals surface area contributed by atoms with Gasteiger partial charge in [0.15, 0.2) is 17.2 Å². The lowest BCUT2D eigenvalue weighted by atomic mass is 10.1. The van der Waals surface area contributed by atoms with Crippen LogP contribution >= 0.6 is 7.60 Å². The van der Waals surface area contributed by atoms with Crippen LogP contribution in [-0.2, 0) is 14.0 Å². The lowest BCUT2D eigenvalue weighted by Gasteiger charge is -2.29. The Kier molecular flexibility index (Phi) is 7.30. The number of hydrogen-bond donors (Lipinski definition) is 6. The Morgan fingerprint density at radius 2 is 1.97 bits per heavy atom. The highest BCUT2D eigenvalue weighted by Gasteiger charge is 2.49. The number of nitrogens with zero attached hydrogens (tertiary/aromatic N) is 4. The molecular formula is C24H34N5O8P. The summed E-state index contributed by atoms with van der Waals surface area (Å²) in [5.74, 6) is 7.20. The number of fused-ring (bicyclic) bond motifs is 1. The standard InChI is InChI=1S/C24H34N5O8P/c1-23(9-10-23)8-7-17-27-20(26-14-5-3-4-6-14)15-11-25-29(21(15)28-17)22-19(32)18(31)16(37-22)12-36-24(2,13-30)38(33,34)35/h11,14,16,18-19,22,30-32H,3-6,9-10,12-13H2,1-2H3,(H,26,27,28)(H2,33,34,35)/t16-,18-,19-,22-,24?/m1/s1. The lowest BCUT2D eigenvalue weighted by Crippen LogP contribution is -2.39. The van der Waals surface area contributed by atoms with E-state index in [1.165, 1.54) is 4.68 Å². The Hall–Kier alpha value is -2.14. The average molecular weight is 552 g/mol. The Morgan fingerprint density at radius 1 is 1.26 bits per heavy atom. The molecule has 0 amide bonds. The summed E-state index contributed by atoms with van der Waals surface area (Å²) in [6, 6.07) is 0.268. The van der Waals surface area contributed by atoms with Gasteiger partial charge in [0.25, 0.3) is 0 Å². The van der Waals surface area contributed by atoms with Gasteiger partial charge in [-0.25, -0.2) is 14.6 Å². The molecule has 6 N–H and O–H groups in total. The highest BCUT2D eigenvalue weighted by Crippen LogP contribution is 2.51. The van der Waals surface area contributed by atoms with Crippen LogP contribution in [0.25, 0.3) is 11.0 Å². The van der Waals surface area contributed by atoms with E-state index < -0.39 is 50.7 Å². The van der Waals surface area contributed by atoms with E-state index in [1.54, 1.807) is 6.20 Å². The van der Waals surface area contributed by atoms with Crippen molar-refractivity contribution in [2.45, 2.75) is 88.3 Å². The van der Waals surface area contributed by atoms with Gasteiger partial charge in [-0.15, -0.1) is 0 Å². The molecule has 0 aromatic carbocycles. The molecule has 5 atom stereocenters. The first-order valence-corrected chi connectivity index (χ1v) is 14.4. The van der Waals surface area contributed by atoms with E-state index in [2.05, 4.69) is 39.1 Å². The molecule has 0 radical (unpaired) electrons. The fraction of sp³-hybridized carbons (Fsp3) is 0.708. The van der Waals surface area contributed by atoms with Crippen molar-refractivity contribution in [1.82, 2.24) is 19.7 Å². The first kappa shape index (κ1) is 27.4. The van der Waals surface area contributed by atoms with Crippen molar-refractivity contribution in [3.05, 3.63) is 12.0 Å². The average Bonchev–Trinajstić information content (AvgIpc) is 3.21.